The maximum absolute atomic E-state index is 11.7. The van der Waals surface area contributed by atoms with Crippen LogP contribution in [0.3, 0.4) is 0 Å². The van der Waals surface area contributed by atoms with E-state index in [1.807, 2.05) is 7.05 Å². The smallest absolute Gasteiger partial charge is 0.220 e. The largest absolute Gasteiger partial charge is 0.356 e. The third-order valence-electron chi connectivity index (χ3n) is 5.29. The maximum Gasteiger partial charge on any atom is 0.220 e. The van der Waals surface area contributed by atoms with Crippen LogP contribution in [0.2, 0.25) is 0 Å². The predicted octanol–water partition coefficient (Wildman–Crippen LogP) is 1.74. The van der Waals surface area contributed by atoms with Crippen molar-refractivity contribution in [2.24, 2.45) is 16.8 Å². The Balaban J connectivity index is 1.36. The first kappa shape index (κ1) is 15.6. The lowest BCUT2D eigenvalue weighted by molar-refractivity contribution is -0.121. The highest BCUT2D eigenvalue weighted by molar-refractivity contribution is 5.80. The Bertz CT molecular complexity index is 405. The molecule has 0 aromatic heterocycles. The summed E-state index contributed by atoms with van der Waals surface area (Å²) in [7, 11) is 1.87. The van der Waals surface area contributed by atoms with E-state index in [0.29, 0.717) is 12.5 Å². The fraction of sp³-hybridized carbons (Fsp3) is 0.882. The van der Waals surface area contributed by atoms with Gasteiger partial charge in [0.1, 0.15) is 0 Å². The molecular weight excluding hydrogens is 276 g/mol. The van der Waals surface area contributed by atoms with Gasteiger partial charge in [0, 0.05) is 39.1 Å². The molecule has 1 amide bonds. The summed E-state index contributed by atoms with van der Waals surface area (Å²) in [4.78, 5) is 18.5. The third-order valence-corrected chi connectivity index (χ3v) is 5.29. The van der Waals surface area contributed by atoms with Crippen LogP contribution in [0, 0.1) is 11.8 Å². The van der Waals surface area contributed by atoms with Crippen LogP contribution in [-0.2, 0) is 4.79 Å². The van der Waals surface area contributed by atoms with Crippen LogP contribution in [0.15, 0.2) is 4.99 Å². The normalized spacial score (nSPS) is 28.4. The van der Waals surface area contributed by atoms with Crippen LogP contribution in [0.5, 0.6) is 0 Å². The molecule has 2 unspecified atom stereocenters. The number of carbonyl (C=O) groups is 1. The maximum atomic E-state index is 11.7. The van der Waals surface area contributed by atoms with Gasteiger partial charge < -0.3 is 15.5 Å². The number of guanidine groups is 1. The lowest BCUT2D eigenvalue weighted by Crippen LogP contribution is -2.41. The molecule has 3 rings (SSSR count). The number of nitrogens with zero attached hydrogens (tertiary/aromatic N) is 2. The van der Waals surface area contributed by atoms with E-state index >= 15 is 0 Å². The van der Waals surface area contributed by atoms with Crippen molar-refractivity contribution < 1.29 is 4.79 Å². The van der Waals surface area contributed by atoms with Crippen molar-refractivity contribution in [1.82, 2.24) is 15.5 Å². The minimum absolute atomic E-state index is 0.200. The molecule has 124 valence electrons. The van der Waals surface area contributed by atoms with Gasteiger partial charge in [-0.25, -0.2) is 0 Å². The first-order valence-corrected chi connectivity index (χ1v) is 9.01. The molecule has 0 bridgehead atoms. The molecule has 5 nitrogen and oxygen atoms in total. The molecule has 2 atom stereocenters. The zero-order chi connectivity index (χ0) is 15.4. The first-order valence-electron chi connectivity index (χ1n) is 9.01. The quantitative estimate of drug-likeness (QED) is 0.462. The molecule has 3 fully saturated rings. The summed E-state index contributed by atoms with van der Waals surface area (Å²) >= 11 is 0. The summed E-state index contributed by atoms with van der Waals surface area (Å²) in [5, 5.41) is 6.48. The molecule has 1 saturated heterocycles. The molecule has 3 aliphatic rings. The number of nitrogens with one attached hydrogen (secondary N) is 2. The molecule has 22 heavy (non-hydrogen) atoms. The second kappa shape index (κ2) is 7.34. The molecule has 2 saturated carbocycles. The summed E-state index contributed by atoms with van der Waals surface area (Å²) in [6, 6.07) is 0.473. The zero-order valence-electron chi connectivity index (χ0n) is 13.8. The van der Waals surface area contributed by atoms with Crippen molar-refractivity contribution in [3.8, 4) is 0 Å². The Kier molecular flexibility index (Phi) is 5.21. The monoisotopic (exact) mass is 306 g/mol. The Hall–Kier alpha value is -1.26. The number of aliphatic imine (C=N–C) groups is 1. The van der Waals surface area contributed by atoms with Crippen molar-refractivity contribution in [2.45, 2.75) is 57.4 Å². The van der Waals surface area contributed by atoms with E-state index in [1.54, 1.807) is 0 Å². The van der Waals surface area contributed by atoms with Gasteiger partial charge in [-0.05, 0) is 43.9 Å². The number of carbonyl (C=O) groups excluding carboxylic acids is 1. The molecule has 1 heterocycles. The number of fused-ring (bicyclic) bond motifs is 1. The second-order valence-electron chi connectivity index (χ2n) is 7.13. The topological polar surface area (TPSA) is 56.7 Å². The van der Waals surface area contributed by atoms with Gasteiger partial charge in [0.2, 0.25) is 5.91 Å². The Morgan fingerprint density at radius 3 is 2.41 bits per heavy atom. The summed E-state index contributed by atoms with van der Waals surface area (Å²) < 4.78 is 0. The van der Waals surface area contributed by atoms with Crippen molar-refractivity contribution >= 4 is 11.9 Å². The highest BCUT2D eigenvalue weighted by Gasteiger charge is 2.35. The van der Waals surface area contributed by atoms with Gasteiger partial charge in [-0.2, -0.15) is 0 Å². The summed E-state index contributed by atoms with van der Waals surface area (Å²) in [5.41, 5.74) is 0. The highest BCUT2D eigenvalue weighted by atomic mass is 16.1. The molecule has 0 aromatic carbocycles. The fourth-order valence-corrected chi connectivity index (χ4v) is 3.89. The van der Waals surface area contributed by atoms with Crippen molar-refractivity contribution in [3.05, 3.63) is 0 Å². The van der Waals surface area contributed by atoms with Crippen LogP contribution in [0.25, 0.3) is 0 Å². The number of hydrogen-bond acceptors (Lipinski definition) is 2. The average Bonchev–Trinajstić information content (AvgIpc) is 3.22. The molecule has 0 aromatic rings. The minimum Gasteiger partial charge on any atom is -0.356 e. The Morgan fingerprint density at radius 2 is 1.82 bits per heavy atom. The van der Waals surface area contributed by atoms with E-state index in [-0.39, 0.29) is 5.91 Å². The van der Waals surface area contributed by atoms with Gasteiger partial charge in [0.05, 0.1) is 0 Å². The SMILES string of the molecule is CN=C(NCCCC(=O)NC1CC1)N1CC2CCCCC2C1. The molecule has 1 aliphatic heterocycles. The zero-order valence-corrected chi connectivity index (χ0v) is 13.8. The van der Waals surface area contributed by atoms with E-state index in [2.05, 4.69) is 20.5 Å². The fourth-order valence-electron chi connectivity index (χ4n) is 3.89. The summed E-state index contributed by atoms with van der Waals surface area (Å²) in [6.45, 7) is 3.15. The standard InChI is InChI=1S/C17H30N4O/c1-18-17(19-10-4-7-16(22)20-15-8-9-15)21-11-13-5-2-3-6-14(13)12-21/h13-15H,2-12H2,1H3,(H,18,19)(H,20,22). The first-order chi connectivity index (χ1) is 10.8. The third kappa shape index (κ3) is 4.14. The second-order valence-corrected chi connectivity index (χ2v) is 7.13. The van der Waals surface area contributed by atoms with Crippen molar-refractivity contribution in [3.63, 3.8) is 0 Å². The van der Waals surface area contributed by atoms with Gasteiger partial charge >= 0.3 is 0 Å². The minimum atomic E-state index is 0.200. The van der Waals surface area contributed by atoms with Crippen molar-refractivity contribution in [2.75, 3.05) is 26.7 Å². The van der Waals surface area contributed by atoms with Crippen LogP contribution in [-0.4, -0.2) is 49.5 Å². The van der Waals surface area contributed by atoms with Gasteiger partial charge in [-0.15, -0.1) is 0 Å². The van der Waals surface area contributed by atoms with Gasteiger partial charge in [0.25, 0.3) is 0 Å². The number of hydrogen-bond donors (Lipinski definition) is 2. The van der Waals surface area contributed by atoms with E-state index < -0.39 is 0 Å². The van der Waals surface area contributed by atoms with E-state index in [1.165, 1.54) is 25.7 Å². The summed E-state index contributed by atoms with van der Waals surface area (Å²) in [5.74, 6) is 2.97. The molecule has 0 spiro atoms. The van der Waals surface area contributed by atoms with Crippen LogP contribution < -0.4 is 10.6 Å². The van der Waals surface area contributed by atoms with Crippen LogP contribution in [0.4, 0.5) is 0 Å². The average molecular weight is 306 g/mol. The van der Waals surface area contributed by atoms with Gasteiger partial charge in [0.15, 0.2) is 5.96 Å². The predicted molar refractivity (Wildman–Crippen MR) is 88.8 cm³/mol. The molecule has 5 heteroatoms. The number of rotatable bonds is 5. The van der Waals surface area contributed by atoms with Gasteiger partial charge in [-0.3, -0.25) is 9.79 Å². The van der Waals surface area contributed by atoms with Crippen LogP contribution in [0.1, 0.15) is 51.4 Å². The molecule has 2 aliphatic carbocycles. The highest BCUT2D eigenvalue weighted by Crippen LogP contribution is 2.35. The number of likely N-dealkylation sites (tertiary alicyclic amines) is 1. The lowest BCUT2D eigenvalue weighted by Gasteiger charge is -2.22. The van der Waals surface area contributed by atoms with E-state index in [4.69, 9.17) is 0 Å². The Morgan fingerprint density at radius 1 is 1.14 bits per heavy atom. The molecular formula is C17H30N4O. The van der Waals surface area contributed by atoms with E-state index in [0.717, 1.165) is 56.7 Å². The molecule has 2 N–H and O–H groups in total. The number of amides is 1. The molecule has 0 radical (unpaired) electrons. The van der Waals surface area contributed by atoms with Crippen molar-refractivity contribution in [1.29, 1.82) is 0 Å². The summed E-state index contributed by atoms with van der Waals surface area (Å²) in [6.07, 6.45) is 9.39. The van der Waals surface area contributed by atoms with Gasteiger partial charge in [-0.1, -0.05) is 12.8 Å². The van der Waals surface area contributed by atoms with Crippen LogP contribution >= 0.6 is 0 Å². The van der Waals surface area contributed by atoms with E-state index in [9.17, 15) is 4.79 Å². The lowest BCUT2D eigenvalue weighted by atomic mass is 9.82. The Labute approximate surface area is 133 Å².